The van der Waals surface area contributed by atoms with Crippen LogP contribution in [0.4, 0.5) is 0 Å². The predicted octanol–water partition coefficient (Wildman–Crippen LogP) is 1.43. The van der Waals surface area contributed by atoms with E-state index in [1.807, 2.05) is 34.9 Å². The zero-order valence-corrected chi connectivity index (χ0v) is 12.9. The molecule has 2 rings (SSSR count). The molecule has 1 aromatic carbocycles. The molecular formula is C14H18N4O2S. The molecule has 0 radical (unpaired) electrons. The number of nitrogens with one attached hydrogen (secondary N) is 1. The SMILES string of the molecule is CNC(=O)CSc1nnc(-c2ccccc2)n1CCOC. The number of amides is 1. The summed E-state index contributed by atoms with van der Waals surface area (Å²) in [5.41, 5.74) is 0.993. The van der Waals surface area contributed by atoms with Crippen LogP contribution in [0.5, 0.6) is 0 Å². The number of thioether (sulfide) groups is 1. The van der Waals surface area contributed by atoms with Crippen LogP contribution in [0.15, 0.2) is 35.5 Å². The molecule has 0 bridgehead atoms. The second-order valence-electron chi connectivity index (χ2n) is 4.28. The predicted molar refractivity (Wildman–Crippen MR) is 82.1 cm³/mol. The molecule has 21 heavy (non-hydrogen) atoms. The van der Waals surface area contributed by atoms with Gasteiger partial charge in [0.25, 0.3) is 0 Å². The fraction of sp³-hybridized carbons (Fsp3) is 0.357. The highest BCUT2D eigenvalue weighted by Crippen LogP contribution is 2.23. The number of carbonyl (C=O) groups excluding carboxylic acids is 1. The molecule has 2 aromatic rings. The van der Waals surface area contributed by atoms with Crippen molar-refractivity contribution in [1.29, 1.82) is 0 Å². The number of carbonyl (C=O) groups is 1. The minimum Gasteiger partial charge on any atom is -0.383 e. The quantitative estimate of drug-likeness (QED) is 0.784. The lowest BCUT2D eigenvalue weighted by Crippen LogP contribution is -2.20. The van der Waals surface area contributed by atoms with E-state index in [2.05, 4.69) is 15.5 Å². The molecule has 0 fully saturated rings. The lowest BCUT2D eigenvalue weighted by molar-refractivity contribution is -0.118. The Bertz CT molecular complexity index is 586. The van der Waals surface area contributed by atoms with E-state index in [4.69, 9.17) is 4.74 Å². The van der Waals surface area contributed by atoms with E-state index in [0.717, 1.165) is 16.5 Å². The standard InChI is InChI=1S/C14H18N4O2S/c1-15-12(19)10-21-14-17-16-13(18(14)8-9-20-2)11-6-4-3-5-7-11/h3-7H,8-10H2,1-2H3,(H,15,19). The normalized spacial score (nSPS) is 10.6. The summed E-state index contributed by atoms with van der Waals surface area (Å²) in [6, 6.07) is 9.85. The van der Waals surface area contributed by atoms with Crippen LogP contribution in [0.1, 0.15) is 0 Å². The number of rotatable bonds is 7. The van der Waals surface area contributed by atoms with E-state index in [1.165, 1.54) is 11.8 Å². The smallest absolute Gasteiger partial charge is 0.230 e. The number of benzene rings is 1. The van der Waals surface area contributed by atoms with Gasteiger partial charge in [0, 0.05) is 19.7 Å². The first-order valence-corrected chi connectivity index (χ1v) is 7.55. The van der Waals surface area contributed by atoms with Crippen molar-refractivity contribution in [1.82, 2.24) is 20.1 Å². The Hall–Kier alpha value is -1.86. The summed E-state index contributed by atoms with van der Waals surface area (Å²) in [5, 5.41) is 11.8. The first-order valence-electron chi connectivity index (χ1n) is 6.57. The third-order valence-corrected chi connectivity index (χ3v) is 3.85. The van der Waals surface area contributed by atoms with E-state index >= 15 is 0 Å². The Labute approximate surface area is 127 Å². The molecule has 1 aromatic heterocycles. The molecule has 112 valence electrons. The Morgan fingerprint density at radius 3 is 2.76 bits per heavy atom. The highest BCUT2D eigenvalue weighted by atomic mass is 32.2. The average molecular weight is 306 g/mol. The minimum atomic E-state index is -0.0393. The molecule has 0 atom stereocenters. The van der Waals surface area contributed by atoms with Gasteiger partial charge in [-0.15, -0.1) is 10.2 Å². The summed E-state index contributed by atoms with van der Waals surface area (Å²) in [7, 11) is 3.28. The highest BCUT2D eigenvalue weighted by Gasteiger charge is 2.14. The average Bonchev–Trinajstić information content (AvgIpc) is 2.94. The number of hydrogen-bond acceptors (Lipinski definition) is 5. The van der Waals surface area contributed by atoms with E-state index in [-0.39, 0.29) is 5.91 Å². The summed E-state index contributed by atoms with van der Waals surface area (Å²) in [5.74, 6) is 1.06. The summed E-state index contributed by atoms with van der Waals surface area (Å²) in [4.78, 5) is 11.4. The van der Waals surface area contributed by atoms with Crippen molar-refractivity contribution in [2.75, 3.05) is 26.5 Å². The van der Waals surface area contributed by atoms with Crippen molar-refractivity contribution >= 4 is 17.7 Å². The number of hydrogen-bond donors (Lipinski definition) is 1. The van der Waals surface area contributed by atoms with Crippen LogP contribution < -0.4 is 5.32 Å². The fourth-order valence-electron chi connectivity index (χ4n) is 1.78. The highest BCUT2D eigenvalue weighted by molar-refractivity contribution is 7.99. The van der Waals surface area contributed by atoms with E-state index < -0.39 is 0 Å². The van der Waals surface area contributed by atoms with Gasteiger partial charge in [0.2, 0.25) is 5.91 Å². The zero-order valence-electron chi connectivity index (χ0n) is 12.1. The first kappa shape index (κ1) is 15.5. The van der Waals surface area contributed by atoms with Gasteiger partial charge in [0.1, 0.15) is 0 Å². The van der Waals surface area contributed by atoms with Gasteiger partial charge < -0.3 is 10.1 Å². The molecule has 0 aliphatic rings. The molecule has 1 heterocycles. The summed E-state index contributed by atoms with van der Waals surface area (Å²) >= 11 is 1.37. The van der Waals surface area contributed by atoms with Crippen molar-refractivity contribution < 1.29 is 9.53 Å². The van der Waals surface area contributed by atoms with Crippen molar-refractivity contribution in [2.45, 2.75) is 11.7 Å². The van der Waals surface area contributed by atoms with Crippen LogP contribution in [-0.2, 0) is 16.1 Å². The van der Waals surface area contributed by atoms with Gasteiger partial charge >= 0.3 is 0 Å². The minimum absolute atomic E-state index is 0.0393. The van der Waals surface area contributed by atoms with Crippen molar-refractivity contribution in [2.24, 2.45) is 0 Å². The van der Waals surface area contributed by atoms with Crippen LogP contribution >= 0.6 is 11.8 Å². The molecule has 1 amide bonds. The number of aromatic nitrogens is 3. The first-order chi connectivity index (χ1) is 10.3. The van der Waals surface area contributed by atoms with Gasteiger partial charge in [0.15, 0.2) is 11.0 Å². The third-order valence-electron chi connectivity index (χ3n) is 2.88. The van der Waals surface area contributed by atoms with Crippen LogP contribution in [0.25, 0.3) is 11.4 Å². The Morgan fingerprint density at radius 2 is 2.10 bits per heavy atom. The third kappa shape index (κ3) is 4.05. The molecular weight excluding hydrogens is 288 g/mol. The molecule has 0 saturated carbocycles. The molecule has 0 aliphatic heterocycles. The molecule has 7 heteroatoms. The lowest BCUT2D eigenvalue weighted by atomic mass is 10.2. The molecule has 0 spiro atoms. The van der Waals surface area contributed by atoms with Crippen LogP contribution in [0, 0.1) is 0 Å². The van der Waals surface area contributed by atoms with Crippen LogP contribution in [0.2, 0.25) is 0 Å². The maximum Gasteiger partial charge on any atom is 0.230 e. The van der Waals surface area contributed by atoms with Gasteiger partial charge in [-0.2, -0.15) is 0 Å². The monoisotopic (exact) mass is 306 g/mol. The topological polar surface area (TPSA) is 69.0 Å². The van der Waals surface area contributed by atoms with Gasteiger partial charge in [-0.25, -0.2) is 0 Å². The van der Waals surface area contributed by atoms with Gasteiger partial charge in [-0.1, -0.05) is 42.1 Å². The van der Waals surface area contributed by atoms with Gasteiger partial charge in [-0.05, 0) is 0 Å². The largest absolute Gasteiger partial charge is 0.383 e. The molecule has 6 nitrogen and oxygen atoms in total. The summed E-state index contributed by atoms with van der Waals surface area (Å²) < 4.78 is 7.12. The number of ether oxygens (including phenoxy) is 1. The number of methoxy groups -OCH3 is 1. The maximum atomic E-state index is 11.4. The van der Waals surface area contributed by atoms with E-state index in [1.54, 1.807) is 14.2 Å². The van der Waals surface area contributed by atoms with E-state index in [9.17, 15) is 4.79 Å². The van der Waals surface area contributed by atoms with Crippen LogP contribution in [0.3, 0.4) is 0 Å². The van der Waals surface area contributed by atoms with Crippen molar-refractivity contribution in [3.63, 3.8) is 0 Å². The van der Waals surface area contributed by atoms with Crippen molar-refractivity contribution in [3.05, 3.63) is 30.3 Å². The van der Waals surface area contributed by atoms with Gasteiger partial charge in [-0.3, -0.25) is 9.36 Å². The Balaban J connectivity index is 2.24. The second-order valence-corrected chi connectivity index (χ2v) is 5.22. The maximum absolute atomic E-state index is 11.4. The van der Waals surface area contributed by atoms with Gasteiger partial charge in [0.05, 0.1) is 18.9 Å². The second kappa shape index (κ2) is 7.80. The molecule has 1 N–H and O–H groups in total. The molecule has 0 aliphatic carbocycles. The Morgan fingerprint density at radius 1 is 1.33 bits per heavy atom. The number of nitrogens with zero attached hydrogens (tertiary/aromatic N) is 3. The lowest BCUT2D eigenvalue weighted by Gasteiger charge is -2.09. The molecule has 0 unspecified atom stereocenters. The van der Waals surface area contributed by atoms with Crippen LogP contribution in [-0.4, -0.2) is 47.2 Å². The summed E-state index contributed by atoms with van der Waals surface area (Å²) in [6.45, 7) is 1.20. The summed E-state index contributed by atoms with van der Waals surface area (Å²) in [6.07, 6.45) is 0. The fourth-order valence-corrected chi connectivity index (χ4v) is 2.62. The Kier molecular flexibility index (Phi) is 5.77. The zero-order chi connectivity index (χ0) is 15.1. The van der Waals surface area contributed by atoms with Crippen molar-refractivity contribution in [3.8, 4) is 11.4 Å². The molecule has 0 saturated heterocycles. The van der Waals surface area contributed by atoms with E-state index in [0.29, 0.717) is 18.9 Å².